The molecule has 0 saturated carbocycles. The maximum absolute atomic E-state index is 12.2. The summed E-state index contributed by atoms with van der Waals surface area (Å²) in [5.41, 5.74) is 7.57. The number of nitrogens with zero attached hydrogens (tertiary/aromatic N) is 2. The molecule has 0 unspecified atom stereocenters. The van der Waals surface area contributed by atoms with E-state index in [1.807, 2.05) is 44.2 Å². The molecule has 1 aromatic carbocycles. The summed E-state index contributed by atoms with van der Waals surface area (Å²) in [4.78, 5) is 12.2. The van der Waals surface area contributed by atoms with Crippen LogP contribution in [0.2, 0.25) is 0 Å². The number of aromatic nitrogens is 2. The first kappa shape index (κ1) is 19.2. The molecular weight excluding hydrogens is 312 g/mol. The quantitative estimate of drug-likeness (QED) is 0.816. The van der Waals surface area contributed by atoms with Crippen molar-refractivity contribution >= 4 is 18.3 Å². The van der Waals surface area contributed by atoms with Gasteiger partial charge in [-0.3, -0.25) is 9.48 Å². The fourth-order valence-electron chi connectivity index (χ4n) is 2.20. The number of benzene rings is 1. The van der Waals surface area contributed by atoms with Crippen LogP contribution < -0.4 is 11.1 Å². The smallest absolute Gasteiger partial charge is 0.254 e. The van der Waals surface area contributed by atoms with Crippen molar-refractivity contribution in [1.29, 1.82) is 0 Å². The summed E-state index contributed by atoms with van der Waals surface area (Å²) in [5, 5.41) is 7.14. The number of amides is 1. The van der Waals surface area contributed by atoms with E-state index in [2.05, 4.69) is 10.4 Å². The van der Waals surface area contributed by atoms with Crippen molar-refractivity contribution in [3.8, 4) is 0 Å². The minimum absolute atomic E-state index is 0. The molecule has 1 aromatic heterocycles. The highest BCUT2D eigenvalue weighted by molar-refractivity contribution is 5.93. The van der Waals surface area contributed by atoms with Gasteiger partial charge in [0.1, 0.15) is 0 Å². The molecule has 0 radical (unpaired) electrons. The summed E-state index contributed by atoms with van der Waals surface area (Å²) in [7, 11) is 0. The van der Waals surface area contributed by atoms with Crippen LogP contribution in [0.3, 0.4) is 0 Å². The van der Waals surface area contributed by atoms with Gasteiger partial charge in [0.25, 0.3) is 5.91 Å². The number of carbonyl (C=O) groups excluding carboxylic acids is 1. The SMILES string of the molecule is CCC(N)(CC)CNC(=O)c1cnn(Cc2ccccc2)c1.Cl. The molecule has 0 fully saturated rings. The molecule has 2 rings (SSSR count). The van der Waals surface area contributed by atoms with Gasteiger partial charge in [0, 0.05) is 18.3 Å². The zero-order valence-corrected chi connectivity index (χ0v) is 14.5. The minimum Gasteiger partial charge on any atom is -0.350 e. The molecule has 1 amide bonds. The molecule has 0 aliphatic heterocycles. The third-order valence-corrected chi connectivity index (χ3v) is 4.09. The summed E-state index contributed by atoms with van der Waals surface area (Å²) in [6, 6.07) is 10.0. The number of hydrogen-bond acceptors (Lipinski definition) is 3. The van der Waals surface area contributed by atoms with Gasteiger partial charge in [0.15, 0.2) is 0 Å². The van der Waals surface area contributed by atoms with E-state index in [0.717, 1.165) is 18.4 Å². The average Bonchev–Trinajstić information content (AvgIpc) is 3.02. The number of carbonyl (C=O) groups is 1. The van der Waals surface area contributed by atoms with Gasteiger partial charge >= 0.3 is 0 Å². The van der Waals surface area contributed by atoms with Crippen LogP contribution in [0.4, 0.5) is 0 Å². The fourth-order valence-corrected chi connectivity index (χ4v) is 2.20. The number of nitrogens with two attached hydrogens (primary N) is 1. The Hall–Kier alpha value is -1.85. The highest BCUT2D eigenvalue weighted by atomic mass is 35.5. The summed E-state index contributed by atoms with van der Waals surface area (Å²) >= 11 is 0. The Morgan fingerprint density at radius 3 is 2.52 bits per heavy atom. The third-order valence-electron chi connectivity index (χ3n) is 4.09. The zero-order chi connectivity index (χ0) is 16.0. The van der Waals surface area contributed by atoms with Crippen LogP contribution in [0.25, 0.3) is 0 Å². The lowest BCUT2D eigenvalue weighted by Gasteiger charge is -2.26. The number of rotatable bonds is 7. The topological polar surface area (TPSA) is 72.9 Å². The van der Waals surface area contributed by atoms with Crippen molar-refractivity contribution in [2.75, 3.05) is 6.54 Å². The van der Waals surface area contributed by atoms with E-state index >= 15 is 0 Å². The molecule has 0 bridgehead atoms. The predicted octanol–water partition coefficient (Wildman–Crippen LogP) is 2.60. The lowest BCUT2D eigenvalue weighted by Crippen LogP contribution is -2.49. The van der Waals surface area contributed by atoms with E-state index in [-0.39, 0.29) is 23.9 Å². The lowest BCUT2D eigenvalue weighted by atomic mass is 9.94. The van der Waals surface area contributed by atoms with Crippen LogP contribution >= 0.6 is 12.4 Å². The second-order valence-electron chi connectivity index (χ2n) is 5.66. The maximum atomic E-state index is 12.2. The van der Waals surface area contributed by atoms with Crippen LogP contribution in [0.1, 0.15) is 42.6 Å². The standard InChI is InChI=1S/C17H24N4O.ClH/c1-3-17(18,4-2)13-19-16(22)15-10-20-21(12-15)11-14-8-6-5-7-9-14;/h5-10,12H,3-4,11,13,18H2,1-2H3,(H,19,22);1H. The van der Waals surface area contributed by atoms with Crippen molar-refractivity contribution in [2.24, 2.45) is 5.73 Å². The Morgan fingerprint density at radius 1 is 1.26 bits per heavy atom. The van der Waals surface area contributed by atoms with E-state index in [4.69, 9.17) is 5.73 Å². The third kappa shape index (κ3) is 5.37. The Morgan fingerprint density at radius 2 is 1.91 bits per heavy atom. The summed E-state index contributed by atoms with van der Waals surface area (Å²) in [6.45, 7) is 5.20. The zero-order valence-electron chi connectivity index (χ0n) is 13.7. The Bertz CT molecular complexity index is 608. The normalized spacial score (nSPS) is 10.9. The van der Waals surface area contributed by atoms with Crippen molar-refractivity contribution in [1.82, 2.24) is 15.1 Å². The molecule has 0 atom stereocenters. The van der Waals surface area contributed by atoms with Crippen molar-refractivity contribution in [3.05, 3.63) is 53.9 Å². The van der Waals surface area contributed by atoms with Crippen molar-refractivity contribution < 1.29 is 4.79 Å². The maximum Gasteiger partial charge on any atom is 0.254 e. The van der Waals surface area contributed by atoms with Crippen molar-refractivity contribution in [2.45, 2.75) is 38.8 Å². The summed E-state index contributed by atoms with van der Waals surface area (Å²) in [6.07, 6.45) is 5.01. The van der Waals surface area contributed by atoms with Gasteiger partial charge in [0.05, 0.1) is 18.3 Å². The molecule has 0 spiro atoms. The molecule has 2 aromatic rings. The van der Waals surface area contributed by atoms with Crippen LogP contribution in [-0.2, 0) is 6.54 Å². The van der Waals surface area contributed by atoms with Gasteiger partial charge in [-0.05, 0) is 18.4 Å². The average molecular weight is 337 g/mol. The van der Waals surface area contributed by atoms with Gasteiger partial charge in [-0.15, -0.1) is 12.4 Å². The van der Waals surface area contributed by atoms with Gasteiger partial charge in [-0.1, -0.05) is 44.2 Å². The molecule has 5 nitrogen and oxygen atoms in total. The predicted molar refractivity (Wildman–Crippen MR) is 94.9 cm³/mol. The highest BCUT2D eigenvalue weighted by Crippen LogP contribution is 2.10. The van der Waals surface area contributed by atoms with E-state index in [9.17, 15) is 4.79 Å². The monoisotopic (exact) mass is 336 g/mol. The van der Waals surface area contributed by atoms with E-state index in [1.165, 1.54) is 0 Å². The Balaban J connectivity index is 0.00000264. The first-order chi connectivity index (χ1) is 10.6. The van der Waals surface area contributed by atoms with E-state index in [0.29, 0.717) is 18.7 Å². The van der Waals surface area contributed by atoms with E-state index in [1.54, 1.807) is 17.1 Å². The van der Waals surface area contributed by atoms with Crippen LogP contribution in [0.15, 0.2) is 42.7 Å². The lowest BCUT2D eigenvalue weighted by molar-refractivity contribution is 0.0942. The Kier molecular flexibility index (Phi) is 7.26. The molecule has 6 heteroatoms. The first-order valence-corrected chi connectivity index (χ1v) is 7.70. The summed E-state index contributed by atoms with van der Waals surface area (Å²) in [5.74, 6) is -0.129. The second kappa shape index (κ2) is 8.70. The summed E-state index contributed by atoms with van der Waals surface area (Å²) < 4.78 is 1.76. The molecular formula is C17H25ClN4O. The van der Waals surface area contributed by atoms with Gasteiger partial charge < -0.3 is 11.1 Å². The number of hydrogen-bond donors (Lipinski definition) is 2. The highest BCUT2D eigenvalue weighted by Gasteiger charge is 2.21. The minimum atomic E-state index is -0.338. The largest absolute Gasteiger partial charge is 0.350 e. The van der Waals surface area contributed by atoms with Crippen molar-refractivity contribution in [3.63, 3.8) is 0 Å². The van der Waals surface area contributed by atoms with Gasteiger partial charge in [0.2, 0.25) is 0 Å². The van der Waals surface area contributed by atoms with E-state index < -0.39 is 0 Å². The molecule has 3 N–H and O–H groups in total. The number of halogens is 1. The molecule has 0 saturated heterocycles. The Labute approximate surface area is 143 Å². The fraction of sp³-hybridized carbons (Fsp3) is 0.412. The van der Waals surface area contributed by atoms with Gasteiger partial charge in [-0.25, -0.2) is 0 Å². The van der Waals surface area contributed by atoms with Gasteiger partial charge in [-0.2, -0.15) is 5.10 Å². The molecule has 1 heterocycles. The van der Waals surface area contributed by atoms with Crippen LogP contribution in [0.5, 0.6) is 0 Å². The first-order valence-electron chi connectivity index (χ1n) is 7.70. The van der Waals surface area contributed by atoms with Crippen LogP contribution in [0, 0.1) is 0 Å². The molecule has 23 heavy (non-hydrogen) atoms. The molecule has 0 aliphatic carbocycles. The van der Waals surface area contributed by atoms with Crippen LogP contribution in [-0.4, -0.2) is 27.8 Å². The molecule has 126 valence electrons. The number of nitrogens with one attached hydrogen (secondary N) is 1. The second-order valence-corrected chi connectivity index (χ2v) is 5.66. The molecule has 0 aliphatic rings.